The first-order valence-corrected chi connectivity index (χ1v) is 7.93. The molecule has 0 saturated heterocycles. The maximum absolute atomic E-state index is 6.03. The third-order valence-electron chi connectivity index (χ3n) is 3.88. The van der Waals surface area contributed by atoms with Gasteiger partial charge < -0.3 is 4.74 Å². The molecule has 0 radical (unpaired) electrons. The van der Waals surface area contributed by atoms with Crippen LogP contribution in [0.15, 0.2) is 12.1 Å². The SMILES string of the molecule is CC(C)/C=[N+]1/COc2c1cc(C(C)(C)C)cc2C(C)(C)C. The Morgan fingerprint density at radius 3 is 2.14 bits per heavy atom. The van der Waals surface area contributed by atoms with Crippen molar-refractivity contribution in [2.45, 2.75) is 66.2 Å². The zero-order valence-corrected chi connectivity index (χ0v) is 14.9. The molecule has 0 aromatic heterocycles. The summed E-state index contributed by atoms with van der Waals surface area (Å²) in [7, 11) is 0. The fourth-order valence-electron chi connectivity index (χ4n) is 2.66. The van der Waals surface area contributed by atoms with Crippen LogP contribution in [0.25, 0.3) is 0 Å². The molecule has 1 aromatic carbocycles. The molecule has 1 aromatic rings. The number of nitrogens with zero attached hydrogens (tertiary/aromatic N) is 1. The van der Waals surface area contributed by atoms with E-state index in [9.17, 15) is 0 Å². The molecule has 1 aliphatic rings. The zero-order chi connectivity index (χ0) is 16.0. The predicted octanol–water partition coefficient (Wildman–Crippen LogP) is 5.00. The van der Waals surface area contributed by atoms with Gasteiger partial charge >= 0.3 is 0 Å². The Bertz CT molecular complexity index is 568. The molecule has 2 rings (SSSR count). The van der Waals surface area contributed by atoms with Crippen LogP contribution in [-0.2, 0) is 10.8 Å². The molecule has 1 aliphatic heterocycles. The van der Waals surface area contributed by atoms with Crippen LogP contribution in [0.2, 0.25) is 0 Å². The number of fused-ring (bicyclic) bond motifs is 1. The molecule has 0 spiro atoms. The highest BCUT2D eigenvalue weighted by molar-refractivity contribution is 5.63. The second kappa shape index (κ2) is 5.15. The lowest BCUT2D eigenvalue weighted by molar-refractivity contribution is -0.455. The number of hydrogen-bond acceptors (Lipinski definition) is 1. The molecule has 116 valence electrons. The van der Waals surface area contributed by atoms with E-state index in [0.29, 0.717) is 12.6 Å². The monoisotopic (exact) mass is 288 g/mol. The lowest BCUT2D eigenvalue weighted by Crippen LogP contribution is -2.17. The first-order chi connectivity index (χ1) is 9.50. The van der Waals surface area contributed by atoms with E-state index in [1.54, 1.807) is 0 Å². The quantitative estimate of drug-likeness (QED) is 0.662. The van der Waals surface area contributed by atoms with E-state index in [-0.39, 0.29) is 10.8 Å². The van der Waals surface area contributed by atoms with E-state index >= 15 is 0 Å². The Balaban J connectivity index is 2.69. The van der Waals surface area contributed by atoms with Crippen LogP contribution in [0.3, 0.4) is 0 Å². The average molecular weight is 288 g/mol. The fourth-order valence-corrected chi connectivity index (χ4v) is 2.66. The maximum atomic E-state index is 6.03. The minimum atomic E-state index is 0.0825. The highest BCUT2D eigenvalue weighted by atomic mass is 16.5. The van der Waals surface area contributed by atoms with Crippen molar-refractivity contribution in [1.82, 2.24) is 0 Å². The lowest BCUT2D eigenvalue weighted by atomic mass is 9.80. The van der Waals surface area contributed by atoms with Gasteiger partial charge in [0.25, 0.3) is 12.4 Å². The minimum absolute atomic E-state index is 0.0825. The van der Waals surface area contributed by atoms with Crippen LogP contribution in [0.5, 0.6) is 5.75 Å². The van der Waals surface area contributed by atoms with Crippen molar-refractivity contribution >= 4 is 11.9 Å². The molecule has 2 nitrogen and oxygen atoms in total. The van der Waals surface area contributed by atoms with E-state index in [2.05, 4.69) is 78.3 Å². The summed E-state index contributed by atoms with van der Waals surface area (Å²) in [6.45, 7) is 18.6. The van der Waals surface area contributed by atoms with Gasteiger partial charge in [0.05, 0.1) is 0 Å². The second-order valence-electron chi connectivity index (χ2n) is 8.51. The zero-order valence-electron chi connectivity index (χ0n) is 14.9. The molecule has 0 atom stereocenters. The van der Waals surface area contributed by atoms with Crippen molar-refractivity contribution in [3.63, 3.8) is 0 Å². The van der Waals surface area contributed by atoms with Gasteiger partial charge in [-0.25, -0.2) is 0 Å². The highest BCUT2D eigenvalue weighted by Gasteiger charge is 2.34. The number of ether oxygens (including phenoxy) is 1. The Morgan fingerprint density at radius 1 is 1.05 bits per heavy atom. The fraction of sp³-hybridized carbons (Fsp3) is 0.632. The number of hydrogen-bond donors (Lipinski definition) is 0. The highest BCUT2D eigenvalue weighted by Crippen LogP contribution is 2.44. The summed E-state index contributed by atoms with van der Waals surface area (Å²) in [6, 6.07) is 4.63. The average Bonchev–Trinajstić information content (AvgIpc) is 2.68. The molecule has 21 heavy (non-hydrogen) atoms. The van der Waals surface area contributed by atoms with Gasteiger partial charge in [0.1, 0.15) is 0 Å². The van der Waals surface area contributed by atoms with Crippen LogP contribution < -0.4 is 4.74 Å². The van der Waals surface area contributed by atoms with Crippen molar-refractivity contribution in [3.8, 4) is 5.75 Å². The summed E-state index contributed by atoms with van der Waals surface area (Å²) in [5, 5.41) is 0. The van der Waals surface area contributed by atoms with Gasteiger partial charge in [-0.15, -0.1) is 0 Å². The Labute approximate surface area is 129 Å². The van der Waals surface area contributed by atoms with E-state index in [1.165, 1.54) is 16.8 Å². The smallest absolute Gasteiger partial charge is 0.292 e. The summed E-state index contributed by atoms with van der Waals surface area (Å²) in [5.41, 5.74) is 4.13. The topological polar surface area (TPSA) is 12.2 Å². The van der Waals surface area contributed by atoms with E-state index in [0.717, 1.165) is 5.75 Å². The number of benzene rings is 1. The molecule has 2 heteroatoms. The van der Waals surface area contributed by atoms with Crippen molar-refractivity contribution in [3.05, 3.63) is 23.3 Å². The number of rotatable bonds is 1. The first-order valence-electron chi connectivity index (χ1n) is 7.93. The van der Waals surface area contributed by atoms with Crippen LogP contribution in [-0.4, -0.2) is 17.5 Å². The van der Waals surface area contributed by atoms with Crippen molar-refractivity contribution in [2.24, 2.45) is 5.92 Å². The second-order valence-corrected chi connectivity index (χ2v) is 8.51. The van der Waals surface area contributed by atoms with E-state index in [4.69, 9.17) is 4.74 Å². The van der Waals surface area contributed by atoms with Gasteiger partial charge in [0.2, 0.25) is 5.75 Å². The molecule has 0 amide bonds. The van der Waals surface area contributed by atoms with Crippen molar-refractivity contribution in [2.75, 3.05) is 6.73 Å². The molecular formula is C19H30NO+. The molecule has 0 N–H and O–H groups in total. The Hall–Kier alpha value is -1.31. The summed E-state index contributed by atoms with van der Waals surface area (Å²) in [6.07, 6.45) is 2.25. The third-order valence-corrected chi connectivity index (χ3v) is 3.88. The Morgan fingerprint density at radius 2 is 1.67 bits per heavy atom. The third kappa shape index (κ3) is 3.30. The summed E-state index contributed by atoms with van der Waals surface area (Å²) in [4.78, 5) is 0. The van der Waals surface area contributed by atoms with Crippen molar-refractivity contribution < 1.29 is 9.31 Å². The Kier molecular flexibility index (Phi) is 3.94. The standard InChI is InChI=1S/C19H30NO/c1-13(2)11-20-12-21-17-15(19(6,7)8)9-14(10-16(17)20)18(3,4)5/h9-11,13H,12H2,1-8H3/q+1/b20-11-. The van der Waals surface area contributed by atoms with Crippen molar-refractivity contribution in [1.29, 1.82) is 0 Å². The molecule has 0 fully saturated rings. The summed E-state index contributed by atoms with van der Waals surface area (Å²) < 4.78 is 8.29. The van der Waals surface area contributed by atoms with Crippen LogP contribution in [0.4, 0.5) is 5.69 Å². The van der Waals surface area contributed by atoms with Crippen LogP contribution >= 0.6 is 0 Å². The van der Waals surface area contributed by atoms with E-state index < -0.39 is 0 Å². The molecule has 0 bridgehead atoms. The van der Waals surface area contributed by atoms with Gasteiger partial charge in [0.15, 0.2) is 6.21 Å². The molecular weight excluding hydrogens is 258 g/mol. The lowest BCUT2D eigenvalue weighted by Gasteiger charge is -2.25. The normalized spacial score (nSPS) is 17.3. The summed E-state index contributed by atoms with van der Waals surface area (Å²) in [5.74, 6) is 1.57. The van der Waals surface area contributed by atoms with Crippen LogP contribution in [0.1, 0.15) is 66.5 Å². The molecule has 0 unspecified atom stereocenters. The predicted molar refractivity (Wildman–Crippen MR) is 90.2 cm³/mol. The van der Waals surface area contributed by atoms with Gasteiger partial charge in [0, 0.05) is 17.5 Å². The largest absolute Gasteiger partial charge is 0.429 e. The maximum Gasteiger partial charge on any atom is 0.292 e. The molecule has 0 saturated carbocycles. The van der Waals surface area contributed by atoms with Gasteiger partial charge in [-0.2, -0.15) is 4.58 Å². The first kappa shape index (κ1) is 16.1. The van der Waals surface area contributed by atoms with Gasteiger partial charge in [-0.3, -0.25) is 0 Å². The van der Waals surface area contributed by atoms with Gasteiger partial charge in [-0.05, 0) is 16.4 Å². The summed E-state index contributed by atoms with van der Waals surface area (Å²) >= 11 is 0. The van der Waals surface area contributed by atoms with E-state index in [1.807, 2.05) is 0 Å². The molecule has 0 aliphatic carbocycles. The minimum Gasteiger partial charge on any atom is -0.429 e. The van der Waals surface area contributed by atoms with Gasteiger partial charge in [-0.1, -0.05) is 61.5 Å². The molecule has 1 heterocycles. The van der Waals surface area contributed by atoms with Crippen LogP contribution in [0, 0.1) is 5.92 Å².